The molecule has 1 amide bonds. The molecule has 160 valence electrons. The van der Waals surface area contributed by atoms with Gasteiger partial charge in [-0.2, -0.15) is 0 Å². The average molecular weight is 427 g/mol. The number of carbonyl (C=O) groups excluding carboxylic acids is 1. The van der Waals surface area contributed by atoms with E-state index >= 15 is 0 Å². The minimum Gasteiger partial charge on any atom is -0.354 e. The number of nitrogens with zero attached hydrogens (tertiary/aromatic N) is 1. The molecule has 3 rings (SSSR count). The van der Waals surface area contributed by atoms with E-state index in [1.807, 2.05) is 19.1 Å². The summed E-state index contributed by atoms with van der Waals surface area (Å²) in [4.78, 5) is 12.8. The quantitative estimate of drug-likeness (QED) is 0.603. The first-order chi connectivity index (χ1) is 14.5. The highest BCUT2D eigenvalue weighted by Gasteiger charge is 2.27. The van der Waals surface area contributed by atoms with Crippen molar-refractivity contribution in [2.45, 2.75) is 50.3 Å². The number of amides is 1. The molecule has 0 fully saturated rings. The van der Waals surface area contributed by atoms with Gasteiger partial charge in [-0.15, -0.1) is 0 Å². The maximum atomic E-state index is 13.3. The van der Waals surface area contributed by atoms with Gasteiger partial charge in [0.25, 0.3) is 10.0 Å². The van der Waals surface area contributed by atoms with Crippen molar-refractivity contribution in [1.29, 1.82) is 0 Å². The summed E-state index contributed by atoms with van der Waals surface area (Å²) in [6.45, 7) is 2.32. The SMILES string of the molecule is CCc1ccc(N(CC(=O)NCCC2=CCCCC2)S(=O)(=O)c2ccccc2)cc1. The molecule has 0 atom stereocenters. The minimum atomic E-state index is -3.85. The molecule has 0 unspecified atom stereocenters. The number of anilines is 1. The Kier molecular flexibility index (Phi) is 7.69. The van der Waals surface area contributed by atoms with Crippen molar-refractivity contribution in [3.8, 4) is 0 Å². The summed E-state index contributed by atoms with van der Waals surface area (Å²) >= 11 is 0. The van der Waals surface area contributed by atoms with Crippen molar-refractivity contribution in [2.75, 3.05) is 17.4 Å². The van der Waals surface area contributed by atoms with Gasteiger partial charge < -0.3 is 5.32 Å². The number of sulfonamides is 1. The molecule has 30 heavy (non-hydrogen) atoms. The smallest absolute Gasteiger partial charge is 0.264 e. The lowest BCUT2D eigenvalue weighted by Gasteiger charge is -2.24. The third-order valence-electron chi connectivity index (χ3n) is 5.40. The Morgan fingerprint density at radius 3 is 2.40 bits per heavy atom. The van der Waals surface area contributed by atoms with Gasteiger partial charge in [0.15, 0.2) is 0 Å². The summed E-state index contributed by atoms with van der Waals surface area (Å²) in [5.74, 6) is -0.300. The van der Waals surface area contributed by atoms with E-state index in [1.165, 1.54) is 22.7 Å². The Bertz CT molecular complexity index is 967. The summed E-state index contributed by atoms with van der Waals surface area (Å²) in [6.07, 6.45) is 8.59. The van der Waals surface area contributed by atoms with Crippen molar-refractivity contribution in [1.82, 2.24) is 5.32 Å². The molecular weight excluding hydrogens is 396 g/mol. The molecule has 1 N–H and O–H groups in total. The van der Waals surface area contributed by atoms with Gasteiger partial charge in [-0.3, -0.25) is 9.10 Å². The van der Waals surface area contributed by atoms with Crippen LogP contribution in [0.4, 0.5) is 5.69 Å². The molecule has 1 aliphatic rings. The normalized spacial score (nSPS) is 14.1. The second-order valence-corrected chi connectivity index (χ2v) is 9.42. The zero-order valence-corrected chi connectivity index (χ0v) is 18.3. The molecule has 0 radical (unpaired) electrons. The van der Waals surface area contributed by atoms with Crippen molar-refractivity contribution >= 4 is 21.6 Å². The number of nitrogens with one attached hydrogen (secondary N) is 1. The number of benzene rings is 2. The molecule has 0 saturated carbocycles. The largest absolute Gasteiger partial charge is 0.354 e. The zero-order chi connectivity index (χ0) is 21.4. The molecule has 2 aromatic rings. The van der Waals surface area contributed by atoms with Gasteiger partial charge in [0.1, 0.15) is 6.54 Å². The number of hydrogen-bond donors (Lipinski definition) is 1. The maximum Gasteiger partial charge on any atom is 0.264 e. The van der Waals surface area contributed by atoms with E-state index in [1.54, 1.807) is 42.5 Å². The van der Waals surface area contributed by atoms with Gasteiger partial charge in [0.05, 0.1) is 10.6 Å². The first-order valence-electron chi connectivity index (χ1n) is 10.6. The Morgan fingerprint density at radius 2 is 1.77 bits per heavy atom. The first kappa shape index (κ1) is 22.1. The second-order valence-electron chi connectivity index (χ2n) is 7.55. The van der Waals surface area contributed by atoms with Crippen molar-refractivity contribution < 1.29 is 13.2 Å². The van der Waals surface area contributed by atoms with Gasteiger partial charge in [-0.1, -0.05) is 48.9 Å². The fourth-order valence-electron chi connectivity index (χ4n) is 3.61. The Morgan fingerprint density at radius 1 is 1.03 bits per heavy atom. The van der Waals surface area contributed by atoms with Crippen LogP contribution in [0, 0.1) is 0 Å². The zero-order valence-electron chi connectivity index (χ0n) is 17.5. The third kappa shape index (κ3) is 5.72. The molecule has 0 spiro atoms. The first-order valence-corrected chi connectivity index (χ1v) is 12.1. The summed E-state index contributed by atoms with van der Waals surface area (Å²) in [5, 5.41) is 2.89. The van der Waals surface area contributed by atoms with Crippen LogP contribution in [0.15, 0.2) is 71.1 Å². The highest BCUT2D eigenvalue weighted by atomic mass is 32.2. The van der Waals surface area contributed by atoms with Crippen LogP contribution in [0.3, 0.4) is 0 Å². The maximum absolute atomic E-state index is 13.3. The minimum absolute atomic E-state index is 0.171. The molecule has 2 aromatic carbocycles. The molecule has 0 saturated heterocycles. The van der Waals surface area contributed by atoms with E-state index in [4.69, 9.17) is 0 Å². The molecule has 1 aliphatic carbocycles. The lowest BCUT2D eigenvalue weighted by atomic mass is 9.97. The number of aryl methyl sites for hydroxylation is 1. The standard InChI is InChI=1S/C24H30N2O3S/c1-2-20-13-15-22(16-14-20)26(30(28,29)23-11-7-4-8-12-23)19-24(27)25-18-17-21-9-5-3-6-10-21/h4,7-9,11-16H,2-3,5-6,10,17-19H2,1H3,(H,25,27). The van der Waals surface area contributed by atoms with Crippen molar-refractivity contribution in [3.63, 3.8) is 0 Å². The van der Waals surface area contributed by atoms with E-state index in [9.17, 15) is 13.2 Å². The van der Waals surface area contributed by atoms with Crippen molar-refractivity contribution in [3.05, 3.63) is 71.8 Å². The summed E-state index contributed by atoms with van der Waals surface area (Å²) in [7, 11) is -3.85. The van der Waals surface area contributed by atoms with Crippen LogP contribution in [-0.4, -0.2) is 27.4 Å². The summed E-state index contributed by atoms with van der Waals surface area (Å²) < 4.78 is 27.8. The van der Waals surface area contributed by atoms with Gasteiger partial charge in [-0.05, 0) is 68.4 Å². The Labute approximate surface area is 179 Å². The predicted octanol–water partition coefficient (Wildman–Crippen LogP) is 4.45. The van der Waals surface area contributed by atoms with Crippen LogP contribution in [0.25, 0.3) is 0 Å². The van der Waals surface area contributed by atoms with Crippen LogP contribution in [0.1, 0.15) is 44.6 Å². The van der Waals surface area contributed by atoms with Crippen LogP contribution in [0.2, 0.25) is 0 Å². The molecule has 0 aromatic heterocycles. The number of allylic oxidation sites excluding steroid dienone is 1. The Balaban J connectivity index is 1.75. The lowest BCUT2D eigenvalue weighted by molar-refractivity contribution is -0.119. The third-order valence-corrected chi connectivity index (χ3v) is 7.19. The summed E-state index contributed by atoms with van der Waals surface area (Å²) in [5.41, 5.74) is 2.98. The van der Waals surface area contributed by atoms with Crippen LogP contribution in [-0.2, 0) is 21.2 Å². The van der Waals surface area contributed by atoms with Crippen molar-refractivity contribution in [2.24, 2.45) is 0 Å². The highest BCUT2D eigenvalue weighted by molar-refractivity contribution is 7.92. The molecule has 6 heteroatoms. The van der Waals surface area contributed by atoms with Gasteiger partial charge in [-0.25, -0.2) is 8.42 Å². The monoisotopic (exact) mass is 426 g/mol. The number of carbonyl (C=O) groups is 1. The fraction of sp³-hybridized carbons (Fsp3) is 0.375. The van der Waals surface area contributed by atoms with E-state index in [0.29, 0.717) is 12.2 Å². The molecule has 0 bridgehead atoms. The van der Waals surface area contributed by atoms with Crippen LogP contribution >= 0.6 is 0 Å². The molecular formula is C24H30N2O3S. The van der Waals surface area contributed by atoms with Gasteiger partial charge in [0.2, 0.25) is 5.91 Å². The highest BCUT2D eigenvalue weighted by Crippen LogP contribution is 2.24. The van der Waals surface area contributed by atoms with E-state index in [0.717, 1.165) is 31.2 Å². The predicted molar refractivity (Wildman–Crippen MR) is 121 cm³/mol. The lowest BCUT2D eigenvalue weighted by Crippen LogP contribution is -2.41. The summed E-state index contributed by atoms with van der Waals surface area (Å²) in [6, 6.07) is 15.6. The number of hydrogen-bond acceptors (Lipinski definition) is 3. The van der Waals surface area contributed by atoms with Crippen LogP contribution < -0.4 is 9.62 Å². The van der Waals surface area contributed by atoms with E-state index < -0.39 is 10.0 Å². The van der Waals surface area contributed by atoms with E-state index in [2.05, 4.69) is 11.4 Å². The van der Waals surface area contributed by atoms with Gasteiger partial charge in [0, 0.05) is 6.54 Å². The topological polar surface area (TPSA) is 66.5 Å². The Hall–Kier alpha value is -2.60. The molecule has 0 aliphatic heterocycles. The van der Waals surface area contributed by atoms with Gasteiger partial charge >= 0.3 is 0 Å². The second kappa shape index (κ2) is 10.4. The molecule has 5 nitrogen and oxygen atoms in total. The fourth-order valence-corrected chi connectivity index (χ4v) is 5.06. The number of rotatable bonds is 9. The van der Waals surface area contributed by atoms with Crippen LogP contribution in [0.5, 0.6) is 0 Å². The molecule has 0 heterocycles. The average Bonchev–Trinajstić information content (AvgIpc) is 2.79. The van der Waals surface area contributed by atoms with E-state index in [-0.39, 0.29) is 17.3 Å².